The Hall–Kier alpha value is -2.31. The van der Waals surface area contributed by atoms with Crippen LogP contribution in [0.15, 0.2) is 42.5 Å². The number of thioether (sulfide) groups is 1. The zero-order chi connectivity index (χ0) is 25.9. The van der Waals surface area contributed by atoms with Gasteiger partial charge in [0.25, 0.3) is 5.91 Å². The van der Waals surface area contributed by atoms with Gasteiger partial charge in [-0.3, -0.25) is 4.79 Å². The van der Waals surface area contributed by atoms with E-state index in [1.807, 2.05) is 49.6 Å². The molecule has 2 aromatic rings. The normalized spacial score (nSPS) is 15.9. The van der Waals surface area contributed by atoms with Gasteiger partial charge in [0, 0.05) is 18.2 Å². The lowest BCUT2D eigenvalue weighted by Crippen LogP contribution is -2.41. The van der Waals surface area contributed by atoms with Crippen LogP contribution in [0.2, 0.25) is 0 Å². The summed E-state index contributed by atoms with van der Waals surface area (Å²) >= 11 is 1.57. The van der Waals surface area contributed by atoms with Crippen molar-refractivity contribution in [1.29, 1.82) is 0 Å². The van der Waals surface area contributed by atoms with Gasteiger partial charge in [-0.2, -0.15) is 11.8 Å². The molecule has 36 heavy (non-hydrogen) atoms. The molecule has 1 amide bonds. The lowest BCUT2D eigenvalue weighted by molar-refractivity contribution is -0.139. The van der Waals surface area contributed by atoms with Crippen molar-refractivity contribution in [3.63, 3.8) is 0 Å². The van der Waals surface area contributed by atoms with Crippen LogP contribution in [-0.2, 0) is 11.3 Å². The molecule has 2 aromatic carbocycles. The third-order valence-electron chi connectivity index (χ3n) is 7.41. The van der Waals surface area contributed by atoms with Crippen LogP contribution < -0.4 is 10.6 Å². The number of benzene rings is 2. The molecule has 0 aromatic heterocycles. The molecule has 1 aliphatic carbocycles. The van der Waals surface area contributed by atoms with Crippen LogP contribution in [-0.4, -0.2) is 41.1 Å². The van der Waals surface area contributed by atoms with E-state index in [9.17, 15) is 14.7 Å². The average molecular weight is 511 g/mol. The number of hydrogen-bond donors (Lipinski definition) is 3. The maximum Gasteiger partial charge on any atom is 0.326 e. The Labute approximate surface area is 220 Å². The van der Waals surface area contributed by atoms with Crippen molar-refractivity contribution >= 4 is 23.6 Å². The minimum atomic E-state index is -1.00. The number of carboxylic acids is 1. The third-order valence-corrected chi connectivity index (χ3v) is 8.05. The molecule has 2 atom stereocenters. The second kappa shape index (κ2) is 14.4. The zero-order valence-electron chi connectivity index (χ0n) is 22.0. The van der Waals surface area contributed by atoms with E-state index in [0.29, 0.717) is 23.8 Å². The molecule has 1 aliphatic rings. The van der Waals surface area contributed by atoms with Gasteiger partial charge >= 0.3 is 5.97 Å². The Bertz CT molecular complexity index is 1000. The molecule has 0 aliphatic heterocycles. The van der Waals surface area contributed by atoms with Gasteiger partial charge in [-0.25, -0.2) is 4.79 Å². The minimum Gasteiger partial charge on any atom is -0.480 e. The average Bonchev–Trinajstić information content (AvgIpc) is 2.89. The van der Waals surface area contributed by atoms with Gasteiger partial charge in [0.05, 0.1) is 0 Å². The maximum absolute atomic E-state index is 13.3. The Morgan fingerprint density at radius 2 is 1.83 bits per heavy atom. The SMILES string of the molecule is CC[C@H](CC1CCCCC1)NCc1ccc(C(=O)N[C@@H](CCSC)C(=O)O)c(-c2ccccc2C)c1. The second-order valence-electron chi connectivity index (χ2n) is 10.1. The van der Waals surface area contributed by atoms with Crippen molar-refractivity contribution in [3.8, 4) is 11.1 Å². The number of carbonyl (C=O) groups is 2. The lowest BCUT2D eigenvalue weighted by atomic mass is 9.84. The summed E-state index contributed by atoms with van der Waals surface area (Å²) in [4.78, 5) is 25.0. The molecule has 6 heteroatoms. The number of carboxylic acid groups (broad SMARTS) is 1. The van der Waals surface area contributed by atoms with Gasteiger partial charge in [-0.1, -0.05) is 69.4 Å². The highest BCUT2D eigenvalue weighted by Gasteiger charge is 2.23. The Kier molecular flexibility index (Phi) is 11.3. The number of amides is 1. The molecule has 1 saturated carbocycles. The molecule has 0 bridgehead atoms. The summed E-state index contributed by atoms with van der Waals surface area (Å²) in [5, 5.41) is 16.1. The Balaban J connectivity index is 1.81. The first-order chi connectivity index (χ1) is 17.4. The smallest absolute Gasteiger partial charge is 0.326 e. The van der Waals surface area contributed by atoms with Crippen LogP contribution in [0, 0.1) is 12.8 Å². The molecule has 3 rings (SSSR count). The molecule has 0 heterocycles. The summed E-state index contributed by atoms with van der Waals surface area (Å²) in [6.45, 7) is 5.04. The first-order valence-electron chi connectivity index (χ1n) is 13.4. The van der Waals surface area contributed by atoms with Crippen molar-refractivity contribution < 1.29 is 14.7 Å². The van der Waals surface area contributed by atoms with E-state index in [4.69, 9.17) is 0 Å². The number of carbonyl (C=O) groups excluding carboxylic acids is 1. The Morgan fingerprint density at radius 3 is 2.50 bits per heavy atom. The fourth-order valence-corrected chi connectivity index (χ4v) is 5.68. The van der Waals surface area contributed by atoms with E-state index >= 15 is 0 Å². The summed E-state index contributed by atoms with van der Waals surface area (Å²) in [7, 11) is 0. The number of rotatable bonds is 13. The van der Waals surface area contributed by atoms with Gasteiger partial charge in [0.1, 0.15) is 6.04 Å². The summed E-state index contributed by atoms with van der Waals surface area (Å²) in [6.07, 6.45) is 11.5. The molecule has 5 nitrogen and oxygen atoms in total. The van der Waals surface area contributed by atoms with Crippen molar-refractivity contribution in [2.75, 3.05) is 12.0 Å². The molecule has 0 spiro atoms. The predicted octanol–water partition coefficient (Wildman–Crippen LogP) is 6.44. The van der Waals surface area contributed by atoms with E-state index in [0.717, 1.165) is 41.1 Å². The first kappa shape index (κ1) is 28.3. The summed E-state index contributed by atoms with van der Waals surface area (Å²) < 4.78 is 0. The van der Waals surface area contributed by atoms with Crippen molar-refractivity contribution in [1.82, 2.24) is 10.6 Å². The fourth-order valence-electron chi connectivity index (χ4n) is 5.21. The van der Waals surface area contributed by atoms with E-state index in [1.54, 1.807) is 11.8 Å². The maximum atomic E-state index is 13.3. The molecule has 1 fully saturated rings. The number of nitrogens with one attached hydrogen (secondary N) is 2. The molecular weight excluding hydrogens is 468 g/mol. The van der Waals surface area contributed by atoms with E-state index in [-0.39, 0.29) is 5.91 Å². The third kappa shape index (κ3) is 8.10. The quantitative estimate of drug-likeness (QED) is 0.289. The molecule has 196 valence electrons. The minimum absolute atomic E-state index is 0.343. The van der Waals surface area contributed by atoms with E-state index < -0.39 is 12.0 Å². The highest BCUT2D eigenvalue weighted by atomic mass is 32.2. The van der Waals surface area contributed by atoms with E-state index in [2.05, 4.69) is 23.6 Å². The molecule has 3 N–H and O–H groups in total. The van der Waals surface area contributed by atoms with Gasteiger partial charge < -0.3 is 15.7 Å². The van der Waals surface area contributed by atoms with Crippen LogP contribution in [0.25, 0.3) is 11.1 Å². The lowest BCUT2D eigenvalue weighted by Gasteiger charge is -2.27. The topological polar surface area (TPSA) is 78.4 Å². The highest BCUT2D eigenvalue weighted by Crippen LogP contribution is 2.30. The van der Waals surface area contributed by atoms with Gasteiger partial charge in [0.2, 0.25) is 0 Å². The standard InChI is InChI=1S/C30H42N2O3S/c1-4-24(18-22-11-6-5-7-12-22)31-20-23-14-15-26(27(19-23)25-13-9-8-10-21(25)2)29(33)32-28(30(34)35)16-17-36-3/h8-10,13-15,19,22,24,28,31H,4-7,11-12,16-18,20H2,1-3H3,(H,32,33)(H,34,35)/t24-,28+/m1/s1. The molecular formula is C30H42N2O3S. The fraction of sp³-hybridized carbons (Fsp3) is 0.533. The van der Waals surface area contributed by atoms with Gasteiger partial charge in [-0.05, 0) is 78.5 Å². The largest absolute Gasteiger partial charge is 0.480 e. The van der Waals surface area contributed by atoms with Crippen LogP contribution in [0.4, 0.5) is 0 Å². The molecule has 0 radical (unpaired) electrons. The monoisotopic (exact) mass is 510 g/mol. The van der Waals surface area contributed by atoms with Crippen LogP contribution in [0.3, 0.4) is 0 Å². The van der Waals surface area contributed by atoms with Crippen molar-refractivity contribution in [2.24, 2.45) is 5.92 Å². The summed E-state index contributed by atoms with van der Waals surface area (Å²) in [5.74, 6) is 0.161. The number of aliphatic carboxylic acids is 1. The number of aryl methyl sites for hydroxylation is 1. The van der Waals surface area contributed by atoms with E-state index in [1.165, 1.54) is 38.5 Å². The van der Waals surface area contributed by atoms with Crippen LogP contribution >= 0.6 is 11.8 Å². The van der Waals surface area contributed by atoms with Crippen molar-refractivity contribution in [3.05, 3.63) is 59.2 Å². The van der Waals surface area contributed by atoms with Crippen LogP contribution in [0.5, 0.6) is 0 Å². The van der Waals surface area contributed by atoms with Crippen molar-refractivity contribution in [2.45, 2.75) is 83.8 Å². The molecule has 0 unspecified atom stereocenters. The second-order valence-corrected chi connectivity index (χ2v) is 11.1. The first-order valence-corrected chi connectivity index (χ1v) is 14.8. The number of hydrogen-bond acceptors (Lipinski definition) is 4. The van der Waals surface area contributed by atoms with Gasteiger partial charge in [0.15, 0.2) is 0 Å². The predicted molar refractivity (Wildman–Crippen MR) is 151 cm³/mol. The zero-order valence-corrected chi connectivity index (χ0v) is 22.8. The highest BCUT2D eigenvalue weighted by molar-refractivity contribution is 7.98. The van der Waals surface area contributed by atoms with Gasteiger partial charge in [-0.15, -0.1) is 0 Å². The molecule has 0 saturated heterocycles. The summed E-state index contributed by atoms with van der Waals surface area (Å²) in [5.41, 5.74) is 4.56. The summed E-state index contributed by atoms with van der Waals surface area (Å²) in [6, 6.07) is 13.6. The Morgan fingerprint density at radius 1 is 1.08 bits per heavy atom. The van der Waals surface area contributed by atoms with Crippen LogP contribution in [0.1, 0.15) is 79.8 Å².